The van der Waals surface area contributed by atoms with E-state index in [1.165, 1.54) is 0 Å². The third-order valence-electron chi connectivity index (χ3n) is 7.90. The number of rotatable bonds is 7. The Kier molecular flexibility index (Phi) is 7.79. The second-order valence-corrected chi connectivity index (χ2v) is 10.8. The zero-order valence-corrected chi connectivity index (χ0v) is 24.3. The molecule has 0 spiro atoms. The topological polar surface area (TPSA) is 121 Å². The number of imidazole rings is 1. The van der Waals surface area contributed by atoms with Gasteiger partial charge in [-0.1, -0.05) is 11.6 Å². The van der Waals surface area contributed by atoms with Crippen LogP contribution in [0.25, 0.3) is 16.9 Å². The molecule has 2 aliphatic heterocycles. The first-order valence-corrected chi connectivity index (χ1v) is 14.3. The number of amides is 1. The van der Waals surface area contributed by atoms with E-state index in [2.05, 4.69) is 37.1 Å². The number of halogens is 1. The van der Waals surface area contributed by atoms with Crippen LogP contribution in [0.1, 0.15) is 12.8 Å². The number of nitrogens with zero attached hydrogens (tertiary/aromatic N) is 7. The summed E-state index contributed by atoms with van der Waals surface area (Å²) < 4.78 is 12.9. The summed E-state index contributed by atoms with van der Waals surface area (Å²) in [5, 5.41) is 12.1. The molecule has 0 bridgehead atoms. The number of hydrogen-bond donors (Lipinski definition) is 2. The van der Waals surface area contributed by atoms with Crippen LogP contribution >= 0.6 is 11.6 Å². The predicted octanol–water partition coefficient (Wildman–Crippen LogP) is 4.02. The first-order chi connectivity index (χ1) is 20.4. The van der Waals surface area contributed by atoms with Crippen LogP contribution in [-0.2, 0) is 0 Å². The van der Waals surface area contributed by atoms with E-state index in [4.69, 9.17) is 36.1 Å². The van der Waals surface area contributed by atoms with E-state index < -0.39 is 6.09 Å². The number of hydrogen-bond acceptors (Lipinski definition) is 9. The Morgan fingerprint density at radius 1 is 0.952 bits per heavy atom. The molecule has 220 valence electrons. The Bertz CT molecular complexity index is 1580. The van der Waals surface area contributed by atoms with Crippen molar-refractivity contribution >= 4 is 40.8 Å². The van der Waals surface area contributed by atoms with Gasteiger partial charge >= 0.3 is 6.09 Å². The van der Waals surface area contributed by atoms with Crippen molar-refractivity contribution in [3.05, 3.63) is 53.9 Å². The summed E-state index contributed by atoms with van der Waals surface area (Å²) >= 11 is 6.40. The highest BCUT2D eigenvalue weighted by atomic mass is 35.5. The highest BCUT2D eigenvalue weighted by molar-refractivity contribution is 6.32. The number of nitrogens with one attached hydrogen (secondary N) is 1. The molecule has 1 aromatic carbocycles. The van der Waals surface area contributed by atoms with Crippen molar-refractivity contribution in [1.82, 2.24) is 24.7 Å². The second kappa shape index (κ2) is 11.8. The first-order valence-electron chi connectivity index (χ1n) is 13.9. The normalized spacial score (nSPS) is 16.1. The molecule has 6 rings (SSSR count). The summed E-state index contributed by atoms with van der Waals surface area (Å²) in [6, 6.07) is 9.70. The van der Waals surface area contributed by atoms with Gasteiger partial charge in [0.05, 0.1) is 24.9 Å². The summed E-state index contributed by atoms with van der Waals surface area (Å²) in [4.78, 5) is 32.0. The zero-order valence-electron chi connectivity index (χ0n) is 23.5. The maximum absolute atomic E-state index is 10.9. The van der Waals surface area contributed by atoms with E-state index in [9.17, 15) is 4.79 Å². The Morgan fingerprint density at radius 2 is 1.69 bits per heavy atom. The van der Waals surface area contributed by atoms with Gasteiger partial charge in [0.2, 0.25) is 5.95 Å². The second-order valence-electron chi connectivity index (χ2n) is 10.4. The van der Waals surface area contributed by atoms with Gasteiger partial charge in [0, 0.05) is 87.3 Å². The van der Waals surface area contributed by atoms with Gasteiger partial charge in [-0.2, -0.15) is 4.98 Å². The third-order valence-corrected chi connectivity index (χ3v) is 8.19. The zero-order chi connectivity index (χ0) is 29.2. The number of fused-ring (bicyclic) bond motifs is 1. The van der Waals surface area contributed by atoms with E-state index in [1.807, 2.05) is 28.9 Å². The van der Waals surface area contributed by atoms with Crippen LogP contribution in [0.2, 0.25) is 5.02 Å². The van der Waals surface area contributed by atoms with E-state index in [1.54, 1.807) is 26.5 Å². The third kappa shape index (κ3) is 5.67. The van der Waals surface area contributed by atoms with Crippen LogP contribution in [0.4, 0.5) is 22.2 Å². The number of piperidine rings is 1. The van der Waals surface area contributed by atoms with Crippen LogP contribution in [0, 0.1) is 0 Å². The van der Waals surface area contributed by atoms with Crippen molar-refractivity contribution in [2.24, 2.45) is 0 Å². The largest absolute Gasteiger partial charge is 0.496 e. The molecule has 0 aliphatic carbocycles. The van der Waals surface area contributed by atoms with Crippen molar-refractivity contribution in [3.8, 4) is 22.8 Å². The van der Waals surface area contributed by atoms with Crippen molar-refractivity contribution in [3.63, 3.8) is 0 Å². The number of ether oxygens (including phenoxy) is 2. The Labute approximate surface area is 248 Å². The molecule has 42 heavy (non-hydrogen) atoms. The lowest BCUT2D eigenvalue weighted by Gasteiger charge is -2.37. The molecule has 12 nitrogen and oxygen atoms in total. The highest BCUT2D eigenvalue weighted by Crippen LogP contribution is 2.38. The van der Waals surface area contributed by atoms with Crippen LogP contribution < -0.4 is 29.5 Å². The molecule has 2 N–H and O–H groups in total. The molecule has 2 saturated heterocycles. The van der Waals surface area contributed by atoms with E-state index in [-0.39, 0.29) is 6.04 Å². The van der Waals surface area contributed by atoms with Crippen molar-refractivity contribution in [2.75, 3.05) is 68.2 Å². The van der Waals surface area contributed by atoms with Gasteiger partial charge < -0.3 is 39.0 Å². The molecule has 0 radical (unpaired) electrons. The first kappa shape index (κ1) is 27.7. The number of piperazine rings is 1. The summed E-state index contributed by atoms with van der Waals surface area (Å²) in [5.74, 6) is 2.79. The minimum atomic E-state index is -0.967. The van der Waals surface area contributed by atoms with E-state index in [0.29, 0.717) is 16.5 Å². The molecular weight excluding hydrogens is 560 g/mol. The lowest BCUT2D eigenvalue weighted by Crippen LogP contribution is -2.47. The number of methoxy groups -OCH3 is 2. The average molecular weight is 593 g/mol. The van der Waals surface area contributed by atoms with Crippen molar-refractivity contribution in [2.45, 2.75) is 18.9 Å². The van der Waals surface area contributed by atoms with Gasteiger partial charge in [-0.05, 0) is 31.0 Å². The number of carbonyl (C=O) groups is 1. The van der Waals surface area contributed by atoms with Crippen molar-refractivity contribution in [1.29, 1.82) is 0 Å². The molecule has 1 amide bonds. The molecular formula is C29H33ClN8O4. The number of pyridine rings is 1. The monoisotopic (exact) mass is 592 g/mol. The maximum atomic E-state index is 10.9. The van der Waals surface area contributed by atoms with Gasteiger partial charge in [0.15, 0.2) is 0 Å². The summed E-state index contributed by atoms with van der Waals surface area (Å²) in [6.45, 7) is 4.74. The fourth-order valence-electron chi connectivity index (χ4n) is 5.62. The van der Waals surface area contributed by atoms with Gasteiger partial charge in [-0.3, -0.25) is 0 Å². The molecule has 2 aliphatic rings. The number of benzene rings is 1. The van der Waals surface area contributed by atoms with Gasteiger partial charge in [0.1, 0.15) is 23.0 Å². The van der Waals surface area contributed by atoms with E-state index in [0.717, 1.165) is 86.5 Å². The molecule has 0 saturated carbocycles. The Hall–Kier alpha value is -4.45. The number of anilines is 3. The molecule has 13 heteroatoms. The Balaban J connectivity index is 1.12. The lowest BCUT2D eigenvalue weighted by molar-refractivity contribution is 0.187. The minimum absolute atomic E-state index is 0.00954. The average Bonchev–Trinajstić information content (AvgIpc) is 3.45. The quantitative estimate of drug-likeness (QED) is 0.325. The smallest absolute Gasteiger partial charge is 0.404 e. The molecule has 5 heterocycles. The van der Waals surface area contributed by atoms with Crippen LogP contribution in [0.3, 0.4) is 0 Å². The lowest BCUT2D eigenvalue weighted by atomic mass is 10.1. The van der Waals surface area contributed by atoms with Gasteiger partial charge in [-0.15, -0.1) is 0 Å². The maximum Gasteiger partial charge on any atom is 0.404 e. The van der Waals surface area contributed by atoms with Crippen LogP contribution in [0.5, 0.6) is 11.5 Å². The minimum Gasteiger partial charge on any atom is -0.496 e. The standard InChI is InChI=1S/C29H33ClN8O4/c1-41-24-17-25(42-2)22(30)16-21(24)23-18-38-10-6-20(15-27(38)33-23)35-11-13-37(14-12-35)28-31-7-3-26(34-28)36-8-4-19(5-9-36)32-29(39)40/h3,6-7,10,15-19,32H,4-5,8-9,11-14H2,1-2H3,(H,39,40). The predicted molar refractivity (Wildman–Crippen MR) is 162 cm³/mol. The SMILES string of the molecule is COc1cc(OC)c(-c2cn3ccc(N4CCN(c5nccc(N6CCC(NC(=O)O)CC6)n5)CC4)cc3n2)cc1Cl. The molecule has 2 fully saturated rings. The van der Waals surface area contributed by atoms with Crippen LogP contribution in [-0.4, -0.2) is 90.1 Å². The van der Waals surface area contributed by atoms with Gasteiger partial charge in [0.25, 0.3) is 0 Å². The summed E-state index contributed by atoms with van der Waals surface area (Å²) in [7, 11) is 3.19. The molecule has 3 aromatic heterocycles. The van der Waals surface area contributed by atoms with E-state index >= 15 is 0 Å². The number of carboxylic acid groups (broad SMARTS) is 1. The fourth-order valence-corrected chi connectivity index (χ4v) is 5.86. The van der Waals surface area contributed by atoms with Gasteiger partial charge in [-0.25, -0.2) is 14.8 Å². The molecule has 0 unspecified atom stereocenters. The van der Waals surface area contributed by atoms with Crippen molar-refractivity contribution < 1.29 is 19.4 Å². The summed E-state index contributed by atoms with van der Waals surface area (Å²) in [5.41, 5.74) is 3.49. The molecule has 4 aromatic rings. The highest BCUT2D eigenvalue weighted by Gasteiger charge is 2.24. The molecule has 0 atom stereocenters. The van der Waals surface area contributed by atoms with Crippen LogP contribution in [0.15, 0.2) is 48.9 Å². The fraction of sp³-hybridized carbons (Fsp3) is 0.379. The summed E-state index contributed by atoms with van der Waals surface area (Å²) in [6.07, 6.45) is 6.34. The number of aromatic nitrogens is 4. The Morgan fingerprint density at radius 3 is 2.40 bits per heavy atom.